The molecule has 0 bridgehead atoms. The summed E-state index contributed by atoms with van der Waals surface area (Å²) < 4.78 is 5.38. The summed E-state index contributed by atoms with van der Waals surface area (Å²) in [6.07, 6.45) is 4.76. The number of nitrogens with two attached hydrogens (primary N) is 1. The van der Waals surface area contributed by atoms with E-state index in [2.05, 4.69) is 32.9 Å². The van der Waals surface area contributed by atoms with Gasteiger partial charge in [0.1, 0.15) is 5.75 Å². The van der Waals surface area contributed by atoms with Crippen molar-refractivity contribution in [1.82, 2.24) is 0 Å². The van der Waals surface area contributed by atoms with Gasteiger partial charge in [-0.3, -0.25) is 0 Å². The van der Waals surface area contributed by atoms with E-state index < -0.39 is 0 Å². The van der Waals surface area contributed by atoms with Crippen molar-refractivity contribution >= 4 is 0 Å². The Labute approximate surface area is 112 Å². The van der Waals surface area contributed by atoms with Gasteiger partial charge < -0.3 is 10.5 Å². The first-order chi connectivity index (χ1) is 8.63. The van der Waals surface area contributed by atoms with Crippen LogP contribution in [0.15, 0.2) is 12.1 Å². The highest BCUT2D eigenvalue weighted by molar-refractivity contribution is 5.43. The molecule has 0 aromatic heterocycles. The molecule has 0 aliphatic carbocycles. The zero-order valence-corrected chi connectivity index (χ0v) is 12.3. The summed E-state index contributed by atoms with van der Waals surface area (Å²) in [5.41, 5.74) is 9.69. The maximum atomic E-state index is 5.64. The van der Waals surface area contributed by atoms with Crippen molar-refractivity contribution in [3.63, 3.8) is 0 Å². The van der Waals surface area contributed by atoms with Gasteiger partial charge in [0.05, 0.1) is 7.11 Å². The lowest BCUT2D eigenvalue weighted by molar-refractivity contribution is 0.410. The molecule has 0 aliphatic rings. The van der Waals surface area contributed by atoms with Crippen molar-refractivity contribution in [3.8, 4) is 5.75 Å². The van der Waals surface area contributed by atoms with Crippen molar-refractivity contribution in [1.29, 1.82) is 0 Å². The van der Waals surface area contributed by atoms with Gasteiger partial charge in [-0.1, -0.05) is 19.4 Å². The minimum absolute atomic E-state index is 0.642. The molecule has 0 saturated carbocycles. The number of hydrogen-bond acceptors (Lipinski definition) is 2. The molecule has 1 atom stereocenters. The van der Waals surface area contributed by atoms with Crippen LogP contribution >= 0.6 is 0 Å². The third kappa shape index (κ3) is 3.74. The number of ether oxygens (including phenoxy) is 1. The standard InChI is InChI=1S/C16H27NO/c1-5-7-14(8-6-9-17)15-10-13(3)16(18-4)11-12(15)2/h10-11,14H,5-9,17H2,1-4H3. The van der Waals surface area contributed by atoms with Gasteiger partial charge >= 0.3 is 0 Å². The molecule has 2 N–H and O–H groups in total. The van der Waals surface area contributed by atoms with Crippen LogP contribution in [0, 0.1) is 13.8 Å². The van der Waals surface area contributed by atoms with Crippen LogP contribution in [0.1, 0.15) is 55.2 Å². The van der Waals surface area contributed by atoms with Crippen LogP contribution in [0.25, 0.3) is 0 Å². The smallest absolute Gasteiger partial charge is 0.122 e. The normalized spacial score (nSPS) is 12.5. The molecule has 0 fully saturated rings. The van der Waals surface area contributed by atoms with Crippen molar-refractivity contribution in [2.45, 2.75) is 52.4 Å². The minimum atomic E-state index is 0.642. The molecule has 1 aromatic rings. The first-order valence-corrected chi connectivity index (χ1v) is 6.99. The fourth-order valence-electron chi connectivity index (χ4n) is 2.64. The number of benzene rings is 1. The second-order valence-electron chi connectivity index (χ2n) is 5.09. The summed E-state index contributed by atoms with van der Waals surface area (Å²) in [5, 5.41) is 0. The summed E-state index contributed by atoms with van der Waals surface area (Å²) in [5.74, 6) is 1.63. The molecule has 0 spiro atoms. The molecule has 18 heavy (non-hydrogen) atoms. The molecule has 0 radical (unpaired) electrons. The quantitative estimate of drug-likeness (QED) is 0.794. The van der Waals surface area contributed by atoms with E-state index in [1.807, 2.05) is 0 Å². The van der Waals surface area contributed by atoms with Crippen LogP contribution in [0.2, 0.25) is 0 Å². The first kappa shape index (κ1) is 15.0. The highest BCUT2D eigenvalue weighted by Gasteiger charge is 2.14. The Hall–Kier alpha value is -1.02. The van der Waals surface area contributed by atoms with Gasteiger partial charge in [0.15, 0.2) is 0 Å². The number of hydrogen-bond donors (Lipinski definition) is 1. The Morgan fingerprint density at radius 1 is 1.17 bits per heavy atom. The molecule has 0 aliphatic heterocycles. The lowest BCUT2D eigenvalue weighted by atomic mass is 9.86. The Morgan fingerprint density at radius 3 is 2.44 bits per heavy atom. The van der Waals surface area contributed by atoms with Crippen molar-refractivity contribution < 1.29 is 4.74 Å². The summed E-state index contributed by atoms with van der Waals surface area (Å²) in [6.45, 7) is 7.34. The monoisotopic (exact) mass is 249 g/mol. The summed E-state index contributed by atoms with van der Waals surface area (Å²) in [4.78, 5) is 0. The fourth-order valence-corrected chi connectivity index (χ4v) is 2.64. The van der Waals surface area contributed by atoms with E-state index >= 15 is 0 Å². The van der Waals surface area contributed by atoms with Crippen molar-refractivity contribution in [2.24, 2.45) is 5.73 Å². The van der Waals surface area contributed by atoms with E-state index in [-0.39, 0.29) is 0 Å². The number of methoxy groups -OCH3 is 1. The van der Waals surface area contributed by atoms with Gasteiger partial charge in [0.2, 0.25) is 0 Å². The van der Waals surface area contributed by atoms with E-state index in [0.29, 0.717) is 5.92 Å². The predicted octanol–water partition coefficient (Wildman–Crippen LogP) is 3.93. The number of aryl methyl sites for hydroxylation is 2. The second-order valence-corrected chi connectivity index (χ2v) is 5.09. The highest BCUT2D eigenvalue weighted by Crippen LogP contribution is 2.32. The summed E-state index contributed by atoms with van der Waals surface area (Å²) in [6, 6.07) is 4.46. The maximum Gasteiger partial charge on any atom is 0.122 e. The second kappa shape index (κ2) is 7.42. The van der Waals surface area contributed by atoms with Gasteiger partial charge in [-0.15, -0.1) is 0 Å². The zero-order chi connectivity index (χ0) is 13.5. The lowest BCUT2D eigenvalue weighted by Crippen LogP contribution is -2.06. The fraction of sp³-hybridized carbons (Fsp3) is 0.625. The third-order valence-corrected chi connectivity index (χ3v) is 3.62. The van der Waals surface area contributed by atoms with Crippen LogP contribution in [0.4, 0.5) is 0 Å². The molecular weight excluding hydrogens is 222 g/mol. The van der Waals surface area contributed by atoms with Crippen LogP contribution < -0.4 is 10.5 Å². The molecule has 1 rings (SSSR count). The van der Waals surface area contributed by atoms with Gasteiger partial charge in [-0.05, 0) is 68.3 Å². The molecule has 2 nitrogen and oxygen atoms in total. The lowest BCUT2D eigenvalue weighted by Gasteiger charge is -2.20. The predicted molar refractivity (Wildman–Crippen MR) is 78.4 cm³/mol. The van der Waals surface area contributed by atoms with Crippen molar-refractivity contribution in [3.05, 3.63) is 28.8 Å². The number of rotatable bonds is 7. The van der Waals surface area contributed by atoms with E-state index in [0.717, 1.165) is 18.7 Å². The van der Waals surface area contributed by atoms with Crippen LogP contribution in [0.3, 0.4) is 0 Å². The van der Waals surface area contributed by atoms with E-state index in [9.17, 15) is 0 Å². The minimum Gasteiger partial charge on any atom is -0.496 e. The zero-order valence-electron chi connectivity index (χ0n) is 12.3. The van der Waals surface area contributed by atoms with Gasteiger partial charge in [-0.2, -0.15) is 0 Å². The Kier molecular flexibility index (Phi) is 6.20. The Bertz CT molecular complexity index is 374. The first-order valence-electron chi connectivity index (χ1n) is 6.99. The average Bonchev–Trinajstić information content (AvgIpc) is 2.37. The van der Waals surface area contributed by atoms with Crippen LogP contribution in [0.5, 0.6) is 5.75 Å². The average molecular weight is 249 g/mol. The molecule has 2 heteroatoms. The maximum absolute atomic E-state index is 5.64. The van der Waals surface area contributed by atoms with Crippen LogP contribution in [-0.2, 0) is 0 Å². The Morgan fingerprint density at radius 2 is 1.89 bits per heavy atom. The van der Waals surface area contributed by atoms with E-state index in [1.54, 1.807) is 7.11 Å². The molecule has 102 valence electrons. The van der Waals surface area contributed by atoms with Gasteiger partial charge in [-0.25, -0.2) is 0 Å². The van der Waals surface area contributed by atoms with E-state index in [1.165, 1.54) is 36.0 Å². The largest absolute Gasteiger partial charge is 0.496 e. The topological polar surface area (TPSA) is 35.2 Å². The third-order valence-electron chi connectivity index (χ3n) is 3.62. The molecule has 0 heterocycles. The highest BCUT2D eigenvalue weighted by atomic mass is 16.5. The van der Waals surface area contributed by atoms with Crippen molar-refractivity contribution in [2.75, 3.05) is 13.7 Å². The molecule has 1 unspecified atom stereocenters. The summed E-state index contributed by atoms with van der Waals surface area (Å²) in [7, 11) is 1.74. The summed E-state index contributed by atoms with van der Waals surface area (Å²) >= 11 is 0. The molecule has 0 saturated heterocycles. The van der Waals surface area contributed by atoms with Gasteiger partial charge in [0.25, 0.3) is 0 Å². The SMILES string of the molecule is CCCC(CCCN)c1cc(C)c(OC)cc1C. The van der Waals surface area contributed by atoms with E-state index in [4.69, 9.17) is 10.5 Å². The van der Waals surface area contributed by atoms with Crippen LogP contribution in [-0.4, -0.2) is 13.7 Å². The molecule has 0 amide bonds. The molecule has 1 aromatic carbocycles. The Balaban J connectivity index is 2.99. The molecular formula is C16H27NO. The van der Waals surface area contributed by atoms with Gasteiger partial charge in [0, 0.05) is 0 Å².